The maximum absolute atomic E-state index is 3.56. The topological polar surface area (TPSA) is 12.0 Å². The summed E-state index contributed by atoms with van der Waals surface area (Å²) in [6, 6.07) is 19.9. The zero-order valence-corrected chi connectivity index (χ0v) is 12.1. The fraction of sp³-hybridized carbons (Fsp3) is 0.333. The lowest BCUT2D eigenvalue weighted by atomic mass is 9.94. The van der Waals surface area contributed by atoms with Crippen molar-refractivity contribution < 1.29 is 0 Å². The van der Waals surface area contributed by atoms with Gasteiger partial charge in [-0.25, -0.2) is 0 Å². The van der Waals surface area contributed by atoms with E-state index in [0.717, 1.165) is 6.54 Å². The lowest BCUT2D eigenvalue weighted by Gasteiger charge is -2.22. The summed E-state index contributed by atoms with van der Waals surface area (Å²) in [5.41, 5.74) is 3.93. The first kappa shape index (κ1) is 13.8. The Hall–Kier alpha value is -1.60. The van der Waals surface area contributed by atoms with E-state index in [4.69, 9.17) is 0 Å². The molecular formula is C18H23N. The molecule has 1 nitrogen and oxygen atoms in total. The molecule has 1 N–H and O–H groups in total. The van der Waals surface area contributed by atoms with Crippen LogP contribution >= 0.6 is 0 Å². The molecule has 0 bridgehead atoms. The van der Waals surface area contributed by atoms with Gasteiger partial charge in [0.1, 0.15) is 0 Å². The Morgan fingerprint density at radius 1 is 0.842 bits per heavy atom. The van der Waals surface area contributed by atoms with Crippen LogP contribution in [0.15, 0.2) is 54.6 Å². The van der Waals surface area contributed by atoms with E-state index in [2.05, 4.69) is 80.7 Å². The van der Waals surface area contributed by atoms with E-state index in [1.165, 1.54) is 16.7 Å². The van der Waals surface area contributed by atoms with Crippen molar-refractivity contribution in [2.45, 2.75) is 26.8 Å². The lowest BCUT2D eigenvalue weighted by molar-refractivity contribution is 0.422. The molecule has 0 radical (unpaired) electrons. The smallest absolute Gasteiger partial charge is 0.0343 e. The fourth-order valence-corrected chi connectivity index (χ4v) is 2.47. The number of hydrogen-bond acceptors (Lipinski definition) is 1. The monoisotopic (exact) mass is 253 g/mol. The van der Waals surface area contributed by atoms with Crippen molar-refractivity contribution in [3.8, 4) is 11.1 Å². The summed E-state index contributed by atoms with van der Waals surface area (Å²) in [5.74, 6) is 0.600. The van der Waals surface area contributed by atoms with Crippen LogP contribution in [-0.2, 0) is 0 Å². The first-order chi connectivity index (χ1) is 9.22. The van der Waals surface area contributed by atoms with Gasteiger partial charge in [0.2, 0.25) is 0 Å². The second-order valence-electron chi connectivity index (χ2n) is 5.27. The number of hydrogen-bond donors (Lipinski definition) is 1. The highest BCUT2D eigenvalue weighted by molar-refractivity contribution is 5.63. The molecule has 0 amide bonds. The van der Waals surface area contributed by atoms with Crippen LogP contribution < -0.4 is 5.32 Å². The van der Waals surface area contributed by atoms with Gasteiger partial charge in [-0.3, -0.25) is 0 Å². The van der Waals surface area contributed by atoms with Gasteiger partial charge in [0, 0.05) is 6.04 Å². The summed E-state index contributed by atoms with van der Waals surface area (Å²) in [6.45, 7) is 7.69. The molecule has 0 aromatic heterocycles. The first-order valence-electron chi connectivity index (χ1n) is 7.11. The van der Waals surface area contributed by atoms with Crippen molar-refractivity contribution in [2.75, 3.05) is 6.54 Å². The Balaban J connectivity index is 2.22. The second-order valence-corrected chi connectivity index (χ2v) is 5.27. The molecule has 1 unspecified atom stereocenters. The molecule has 0 fully saturated rings. The first-order valence-corrected chi connectivity index (χ1v) is 7.11. The van der Waals surface area contributed by atoms with Gasteiger partial charge in [-0.2, -0.15) is 0 Å². The lowest BCUT2D eigenvalue weighted by Crippen LogP contribution is -2.25. The quantitative estimate of drug-likeness (QED) is 0.817. The Bertz CT molecular complexity index is 485. The average molecular weight is 253 g/mol. The molecule has 0 saturated carbocycles. The van der Waals surface area contributed by atoms with Crippen molar-refractivity contribution in [3.05, 3.63) is 60.2 Å². The summed E-state index contributed by atoms with van der Waals surface area (Å²) in [6.07, 6.45) is 0. The van der Waals surface area contributed by atoms with Crippen LogP contribution in [-0.4, -0.2) is 6.54 Å². The van der Waals surface area contributed by atoms with Gasteiger partial charge >= 0.3 is 0 Å². The SMILES string of the molecule is CCNC(c1ccc(-c2ccccc2)cc1)C(C)C. The van der Waals surface area contributed by atoms with Crippen LogP contribution in [0.25, 0.3) is 11.1 Å². The number of nitrogens with one attached hydrogen (secondary N) is 1. The minimum atomic E-state index is 0.440. The molecule has 0 aliphatic carbocycles. The summed E-state index contributed by atoms with van der Waals surface area (Å²) in [5, 5.41) is 3.56. The highest BCUT2D eigenvalue weighted by atomic mass is 14.9. The summed E-state index contributed by atoms with van der Waals surface area (Å²) < 4.78 is 0. The third-order valence-electron chi connectivity index (χ3n) is 3.47. The molecule has 19 heavy (non-hydrogen) atoms. The second kappa shape index (κ2) is 6.53. The third kappa shape index (κ3) is 3.45. The van der Waals surface area contributed by atoms with Gasteiger partial charge in [0.15, 0.2) is 0 Å². The van der Waals surface area contributed by atoms with Crippen LogP contribution in [0, 0.1) is 5.92 Å². The normalized spacial score (nSPS) is 12.6. The van der Waals surface area contributed by atoms with E-state index >= 15 is 0 Å². The number of rotatable bonds is 5. The van der Waals surface area contributed by atoms with Crippen LogP contribution in [0.3, 0.4) is 0 Å². The van der Waals surface area contributed by atoms with Crippen LogP contribution in [0.4, 0.5) is 0 Å². The molecule has 1 atom stereocenters. The van der Waals surface area contributed by atoms with E-state index in [-0.39, 0.29) is 0 Å². The van der Waals surface area contributed by atoms with Gasteiger partial charge in [-0.05, 0) is 29.2 Å². The number of benzene rings is 2. The molecule has 0 aliphatic heterocycles. The molecule has 1 heteroatoms. The Kier molecular flexibility index (Phi) is 4.75. The van der Waals surface area contributed by atoms with E-state index in [0.29, 0.717) is 12.0 Å². The van der Waals surface area contributed by atoms with Crippen LogP contribution in [0.1, 0.15) is 32.4 Å². The standard InChI is InChI=1S/C18H23N/c1-4-19-18(14(2)3)17-12-10-16(11-13-17)15-8-6-5-7-9-15/h5-14,18-19H,4H2,1-3H3. The molecule has 2 rings (SSSR count). The predicted molar refractivity (Wildman–Crippen MR) is 83.1 cm³/mol. The van der Waals surface area contributed by atoms with Gasteiger partial charge in [0.25, 0.3) is 0 Å². The molecule has 2 aromatic rings. The fourth-order valence-electron chi connectivity index (χ4n) is 2.47. The van der Waals surface area contributed by atoms with Crippen molar-refractivity contribution in [1.29, 1.82) is 0 Å². The van der Waals surface area contributed by atoms with Crippen LogP contribution in [0.2, 0.25) is 0 Å². The highest BCUT2D eigenvalue weighted by Crippen LogP contribution is 2.25. The molecule has 0 spiro atoms. The summed E-state index contributed by atoms with van der Waals surface area (Å²) >= 11 is 0. The van der Waals surface area contributed by atoms with E-state index < -0.39 is 0 Å². The van der Waals surface area contributed by atoms with Gasteiger partial charge < -0.3 is 5.32 Å². The zero-order chi connectivity index (χ0) is 13.7. The van der Waals surface area contributed by atoms with Gasteiger partial charge in [0.05, 0.1) is 0 Å². The Labute approximate surface area is 116 Å². The highest BCUT2D eigenvalue weighted by Gasteiger charge is 2.14. The van der Waals surface area contributed by atoms with Crippen LogP contribution in [0.5, 0.6) is 0 Å². The minimum absolute atomic E-state index is 0.440. The molecule has 100 valence electrons. The molecule has 0 saturated heterocycles. The maximum Gasteiger partial charge on any atom is 0.0343 e. The average Bonchev–Trinajstić information content (AvgIpc) is 2.46. The van der Waals surface area contributed by atoms with E-state index in [1.54, 1.807) is 0 Å². The Morgan fingerprint density at radius 3 is 1.95 bits per heavy atom. The maximum atomic E-state index is 3.56. The molecule has 0 heterocycles. The van der Waals surface area contributed by atoms with Crippen molar-refractivity contribution in [1.82, 2.24) is 5.32 Å². The molecular weight excluding hydrogens is 230 g/mol. The molecule has 0 aliphatic rings. The van der Waals surface area contributed by atoms with Crippen molar-refractivity contribution in [3.63, 3.8) is 0 Å². The van der Waals surface area contributed by atoms with E-state index in [9.17, 15) is 0 Å². The van der Waals surface area contributed by atoms with Crippen molar-refractivity contribution >= 4 is 0 Å². The zero-order valence-electron chi connectivity index (χ0n) is 12.1. The molecule has 2 aromatic carbocycles. The van der Waals surface area contributed by atoms with Crippen molar-refractivity contribution in [2.24, 2.45) is 5.92 Å². The van der Waals surface area contributed by atoms with E-state index in [1.807, 2.05) is 0 Å². The Morgan fingerprint density at radius 2 is 1.42 bits per heavy atom. The van der Waals surface area contributed by atoms with Gasteiger partial charge in [-0.15, -0.1) is 0 Å². The predicted octanol–water partition coefficient (Wildman–Crippen LogP) is 4.66. The largest absolute Gasteiger partial charge is 0.310 e. The van der Waals surface area contributed by atoms with Gasteiger partial charge in [-0.1, -0.05) is 75.4 Å². The minimum Gasteiger partial charge on any atom is -0.310 e. The summed E-state index contributed by atoms with van der Waals surface area (Å²) in [7, 11) is 0. The third-order valence-corrected chi connectivity index (χ3v) is 3.47. The summed E-state index contributed by atoms with van der Waals surface area (Å²) in [4.78, 5) is 0.